The van der Waals surface area contributed by atoms with Gasteiger partial charge >= 0.3 is 5.97 Å². The zero-order chi connectivity index (χ0) is 14.4. The first kappa shape index (κ1) is 13.6. The molecule has 0 atom stereocenters. The number of hydrogen-bond donors (Lipinski definition) is 1. The molecule has 0 saturated carbocycles. The van der Waals surface area contributed by atoms with E-state index in [2.05, 4.69) is 11.1 Å². The zero-order valence-corrected chi connectivity index (χ0v) is 10.7. The van der Waals surface area contributed by atoms with Crippen LogP contribution in [0.25, 0.3) is 0 Å². The van der Waals surface area contributed by atoms with Gasteiger partial charge in [0, 0.05) is 18.4 Å². The van der Waals surface area contributed by atoms with Crippen LogP contribution in [-0.2, 0) is 0 Å². The highest BCUT2D eigenvalue weighted by molar-refractivity contribution is 5.87. The van der Waals surface area contributed by atoms with Crippen LogP contribution in [-0.4, -0.2) is 22.6 Å². The van der Waals surface area contributed by atoms with Crippen molar-refractivity contribution in [3.63, 3.8) is 0 Å². The normalized spacial score (nSPS) is 9.75. The summed E-state index contributed by atoms with van der Waals surface area (Å²) in [6.07, 6.45) is 1.68. The second-order valence-electron chi connectivity index (χ2n) is 4.11. The average molecular weight is 267 g/mol. The van der Waals surface area contributed by atoms with Gasteiger partial charge in [-0.15, -0.1) is 0 Å². The predicted octanol–water partition coefficient (Wildman–Crippen LogP) is 2.83. The SMILES string of the molecule is N#CCCN(c1ccccc1)c1ccc(C(=O)O)cn1. The summed E-state index contributed by atoms with van der Waals surface area (Å²) in [5.41, 5.74) is 1.06. The Balaban J connectivity index is 2.31. The number of pyridine rings is 1. The quantitative estimate of drug-likeness (QED) is 0.901. The van der Waals surface area contributed by atoms with E-state index in [-0.39, 0.29) is 5.56 Å². The number of nitriles is 1. The van der Waals surface area contributed by atoms with Gasteiger partial charge in [0.25, 0.3) is 0 Å². The van der Waals surface area contributed by atoms with Crippen LogP contribution in [0.15, 0.2) is 48.7 Å². The maximum atomic E-state index is 10.8. The Kier molecular flexibility index (Phi) is 4.30. The standard InChI is InChI=1S/C15H13N3O2/c16-9-4-10-18(13-5-2-1-3-6-13)14-8-7-12(11-17-14)15(19)20/h1-3,5-8,11H,4,10H2,(H,19,20). The Labute approximate surface area is 116 Å². The molecule has 0 unspecified atom stereocenters. The fraction of sp³-hybridized carbons (Fsp3) is 0.133. The minimum Gasteiger partial charge on any atom is -0.478 e. The molecule has 2 aromatic rings. The first-order valence-corrected chi connectivity index (χ1v) is 6.11. The molecule has 1 heterocycles. The zero-order valence-electron chi connectivity index (χ0n) is 10.7. The van der Waals surface area contributed by atoms with Crippen LogP contribution in [0.5, 0.6) is 0 Å². The van der Waals surface area contributed by atoms with Crippen LogP contribution in [0.1, 0.15) is 16.8 Å². The van der Waals surface area contributed by atoms with Crippen LogP contribution in [0, 0.1) is 11.3 Å². The lowest BCUT2D eigenvalue weighted by molar-refractivity contribution is 0.0696. The third kappa shape index (κ3) is 3.12. The van der Waals surface area contributed by atoms with Crippen molar-refractivity contribution in [2.45, 2.75) is 6.42 Å². The Bertz CT molecular complexity index is 618. The highest BCUT2D eigenvalue weighted by Crippen LogP contribution is 2.23. The molecule has 1 aromatic carbocycles. The fourth-order valence-electron chi connectivity index (χ4n) is 1.82. The van der Waals surface area contributed by atoms with Gasteiger partial charge in [0.15, 0.2) is 0 Å². The molecule has 0 aliphatic heterocycles. The fourth-order valence-corrected chi connectivity index (χ4v) is 1.82. The van der Waals surface area contributed by atoms with Gasteiger partial charge in [-0.25, -0.2) is 9.78 Å². The molecule has 1 N–H and O–H groups in total. The van der Waals surface area contributed by atoms with Crippen molar-refractivity contribution < 1.29 is 9.90 Å². The summed E-state index contributed by atoms with van der Waals surface area (Å²) in [6, 6.07) is 14.8. The predicted molar refractivity (Wildman–Crippen MR) is 74.9 cm³/mol. The molecule has 0 saturated heterocycles. The van der Waals surface area contributed by atoms with E-state index >= 15 is 0 Å². The molecule has 20 heavy (non-hydrogen) atoms. The number of para-hydroxylation sites is 1. The minimum absolute atomic E-state index is 0.141. The van der Waals surface area contributed by atoms with E-state index in [0.29, 0.717) is 18.8 Å². The molecule has 1 aromatic heterocycles. The minimum atomic E-state index is -1.01. The van der Waals surface area contributed by atoms with E-state index < -0.39 is 5.97 Å². The number of anilines is 2. The third-order valence-corrected chi connectivity index (χ3v) is 2.79. The molecule has 0 bridgehead atoms. The molecule has 2 rings (SSSR count). The Morgan fingerprint density at radius 1 is 1.25 bits per heavy atom. The average Bonchev–Trinajstić information content (AvgIpc) is 2.49. The van der Waals surface area contributed by atoms with E-state index in [1.165, 1.54) is 12.3 Å². The summed E-state index contributed by atoms with van der Waals surface area (Å²) in [7, 11) is 0. The number of aromatic nitrogens is 1. The van der Waals surface area contributed by atoms with Crippen LogP contribution >= 0.6 is 0 Å². The molecule has 100 valence electrons. The maximum Gasteiger partial charge on any atom is 0.337 e. The summed E-state index contributed by atoms with van der Waals surface area (Å²) < 4.78 is 0. The largest absolute Gasteiger partial charge is 0.478 e. The molecule has 5 nitrogen and oxygen atoms in total. The number of rotatable bonds is 5. The smallest absolute Gasteiger partial charge is 0.337 e. The monoisotopic (exact) mass is 267 g/mol. The topological polar surface area (TPSA) is 77.2 Å². The number of benzene rings is 1. The van der Waals surface area contributed by atoms with Crippen LogP contribution < -0.4 is 4.90 Å². The van der Waals surface area contributed by atoms with Crippen LogP contribution in [0.2, 0.25) is 0 Å². The van der Waals surface area contributed by atoms with E-state index in [1.807, 2.05) is 35.2 Å². The Morgan fingerprint density at radius 3 is 2.55 bits per heavy atom. The van der Waals surface area contributed by atoms with Gasteiger partial charge in [-0.1, -0.05) is 18.2 Å². The second kappa shape index (κ2) is 6.34. The van der Waals surface area contributed by atoms with Crippen molar-refractivity contribution in [3.05, 3.63) is 54.2 Å². The first-order valence-electron chi connectivity index (χ1n) is 6.11. The summed E-state index contributed by atoms with van der Waals surface area (Å²) >= 11 is 0. The lowest BCUT2D eigenvalue weighted by atomic mass is 10.2. The van der Waals surface area contributed by atoms with Gasteiger partial charge in [0.05, 0.1) is 18.1 Å². The summed E-state index contributed by atoms with van der Waals surface area (Å²) in [5.74, 6) is -0.385. The Hall–Kier alpha value is -2.87. The van der Waals surface area contributed by atoms with Crippen molar-refractivity contribution in [2.24, 2.45) is 0 Å². The number of carboxylic acid groups (broad SMARTS) is 1. The Morgan fingerprint density at radius 2 is 2.00 bits per heavy atom. The lowest BCUT2D eigenvalue weighted by Gasteiger charge is -2.22. The van der Waals surface area contributed by atoms with E-state index in [1.54, 1.807) is 6.07 Å². The summed E-state index contributed by atoms with van der Waals surface area (Å²) in [5, 5.41) is 17.6. The first-order chi connectivity index (χ1) is 9.72. The molecule has 0 fully saturated rings. The van der Waals surface area contributed by atoms with Gasteiger partial charge in [0.1, 0.15) is 5.82 Å². The van der Waals surface area contributed by atoms with Crippen LogP contribution in [0.4, 0.5) is 11.5 Å². The van der Waals surface area contributed by atoms with Crippen LogP contribution in [0.3, 0.4) is 0 Å². The number of carboxylic acids is 1. The van der Waals surface area contributed by atoms with Gasteiger partial charge in [-0.3, -0.25) is 0 Å². The molecule has 0 spiro atoms. The van der Waals surface area contributed by atoms with Crippen molar-refractivity contribution in [1.29, 1.82) is 5.26 Å². The van der Waals surface area contributed by atoms with Crippen molar-refractivity contribution >= 4 is 17.5 Å². The molecule has 0 amide bonds. The summed E-state index contributed by atoms with van der Waals surface area (Å²) in [4.78, 5) is 16.9. The van der Waals surface area contributed by atoms with E-state index in [9.17, 15) is 4.79 Å². The second-order valence-corrected chi connectivity index (χ2v) is 4.11. The molecule has 0 aliphatic rings. The van der Waals surface area contributed by atoms with Gasteiger partial charge in [0.2, 0.25) is 0 Å². The van der Waals surface area contributed by atoms with Crippen molar-refractivity contribution in [2.75, 3.05) is 11.4 Å². The maximum absolute atomic E-state index is 10.8. The third-order valence-electron chi connectivity index (χ3n) is 2.79. The summed E-state index contributed by atoms with van der Waals surface area (Å²) in [6.45, 7) is 0.500. The highest BCUT2D eigenvalue weighted by atomic mass is 16.4. The van der Waals surface area contributed by atoms with E-state index in [0.717, 1.165) is 5.69 Å². The number of carbonyl (C=O) groups is 1. The lowest BCUT2D eigenvalue weighted by Crippen LogP contribution is -2.19. The van der Waals surface area contributed by atoms with Gasteiger partial charge in [-0.05, 0) is 24.3 Å². The number of hydrogen-bond acceptors (Lipinski definition) is 4. The molecule has 0 aliphatic carbocycles. The van der Waals surface area contributed by atoms with Crippen molar-refractivity contribution in [3.8, 4) is 6.07 Å². The molecular weight excluding hydrogens is 254 g/mol. The molecule has 5 heteroatoms. The van der Waals surface area contributed by atoms with Gasteiger partial charge < -0.3 is 10.0 Å². The van der Waals surface area contributed by atoms with Gasteiger partial charge in [-0.2, -0.15) is 5.26 Å². The number of aromatic carboxylic acids is 1. The van der Waals surface area contributed by atoms with Crippen molar-refractivity contribution in [1.82, 2.24) is 4.98 Å². The highest BCUT2D eigenvalue weighted by Gasteiger charge is 2.11. The molecule has 0 radical (unpaired) electrons. The van der Waals surface area contributed by atoms with E-state index in [4.69, 9.17) is 10.4 Å². The number of nitrogens with zero attached hydrogens (tertiary/aromatic N) is 3. The molecular formula is C15H13N3O2.